The lowest BCUT2D eigenvalue weighted by molar-refractivity contribution is 0.468. The average Bonchev–Trinajstić information content (AvgIpc) is 3.74. The van der Waals surface area contributed by atoms with Crippen molar-refractivity contribution in [1.29, 1.82) is 0 Å². The molecule has 45 heavy (non-hydrogen) atoms. The van der Waals surface area contributed by atoms with Gasteiger partial charge in [0.05, 0.1) is 11.4 Å². The van der Waals surface area contributed by atoms with Gasteiger partial charge in [0.2, 0.25) is 0 Å². The number of anilines is 3. The number of allylic oxidation sites excluding steroid dienone is 7. The molecule has 2 nitrogen and oxygen atoms in total. The Bertz CT molecular complexity index is 1960. The molecule has 5 atom stereocenters. The SMILES string of the molecule is Cc1cc(C)cc(N(C2=CC3=C4C(C2)c2cccc5c2N4c2c(cccc2C5(C)C)C3(C)C)C2CC=C3C(C=CC4CC34)C2)c1. The van der Waals surface area contributed by atoms with Crippen molar-refractivity contribution in [3.63, 3.8) is 0 Å². The predicted octanol–water partition coefficient (Wildman–Crippen LogP) is 10.4. The summed E-state index contributed by atoms with van der Waals surface area (Å²) in [6.07, 6.45) is 15.2. The molecular formula is C43H44N2. The van der Waals surface area contributed by atoms with E-state index in [4.69, 9.17) is 0 Å². The Labute approximate surface area is 268 Å². The molecule has 1 fully saturated rings. The molecule has 0 amide bonds. The van der Waals surface area contributed by atoms with E-state index in [2.05, 4.69) is 130 Å². The van der Waals surface area contributed by atoms with Gasteiger partial charge in [-0.25, -0.2) is 0 Å². The first kappa shape index (κ1) is 26.4. The van der Waals surface area contributed by atoms with E-state index in [9.17, 15) is 0 Å². The molecule has 3 aromatic rings. The molecule has 3 aliphatic heterocycles. The molecule has 3 aromatic carbocycles. The number of benzene rings is 3. The highest BCUT2D eigenvalue weighted by Gasteiger charge is 2.54. The van der Waals surface area contributed by atoms with E-state index >= 15 is 0 Å². The first-order chi connectivity index (χ1) is 21.6. The molecule has 3 heterocycles. The van der Waals surface area contributed by atoms with Crippen molar-refractivity contribution in [2.75, 3.05) is 9.80 Å². The summed E-state index contributed by atoms with van der Waals surface area (Å²) in [6, 6.07) is 22.0. The van der Waals surface area contributed by atoms with Crippen molar-refractivity contribution in [1.82, 2.24) is 0 Å². The quantitative estimate of drug-likeness (QED) is 0.281. The summed E-state index contributed by atoms with van der Waals surface area (Å²) in [6.45, 7) is 14.4. The maximum Gasteiger partial charge on any atom is 0.0540 e. The molecule has 10 rings (SSSR count). The summed E-state index contributed by atoms with van der Waals surface area (Å²) < 4.78 is 0. The van der Waals surface area contributed by atoms with Gasteiger partial charge in [-0.3, -0.25) is 0 Å². The van der Waals surface area contributed by atoms with Crippen LogP contribution in [-0.2, 0) is 10.8 Å². The second kappa shape index (κ2) is 8.52. The minimum absolute atomic E-state index is 0.0313. The monoisotopic (exact) mass is 588 g/mol. The lowest BCUT2D eigenvalue weighted by atomic mass is 9.66. The number of fused-ring (bicyclic) bond motifs is 4. The summed E-state index contributed by atoms with van der Waals surface area (Å²) >= 11 is 0. The van der Waals surface area contributed by atoms with Crippen LogP contribution in [0.25, 0.3) is 0 Å². The highest BCUT2D eigenvalue weighted by molar-refractivity contribution is 5.93. The second-order valence-electron chi connectivity index (χ2n) is 16.3. The Morgan fingerprint density at radius 3 is 2.29 bits per heavy atom. The fourth-order valence-corrected chi connectivity index (χ4v) is 10.6. The number of aryl methyl sites for hydroxylation is 2. The molecule has 0 radical (unpaired) electrons. The molecule has 1 saturated carbocycles. The van der Waals surface area contributed by atoms with Crippen LogP contribution < -0.4 is 9.80 Å². The first-order valence-electron chi connectivity index (χ1n) is 17.4. The van der Waals surface area contributed by atoms with Crippen molar-refractivity contribution >= 4 is 17.1 Å². The minimum Gasteiger partial charge on any atom is -0.342 e. The van der Waals surface area contributed by atoms with Gasteiger partial charge in [0, 0.05) is 46.3 Å². The lowest BCUT2D eigenvalue weighted by Crippen LogP contribution is -2.42. The third-order valence-corrected chi connectivity index (χ3v) is 12.8. The molecule has 0 N–H and O–H groups in total. The highest BCUT2D eigenvalue weighted by Crippen LogP contribution is 2.66. The van der Waals surface area contributed by atoms with Crippen LogP contribution in [0, 0.1) is 31.6 Å². The topological polar surface area (TPSA) is 6.48 Å². The van der Waals surface area contributed by atoms with Crippen LogP contribution in [0.1, 0.15) is 92.7 Å². The van der Waals surface area contributed by atoms with Gasteiger partial charge in [-0.15, -0.1) is 0 Å². The number of nitrogens with zero attached hydrogens (tertiary/aromatic N) is 2. The molecule has 0 aromatic heterocycles. The van der Waals surface area contributed by atoms with Crippen molar-refractivity contribution in [3.8, 4) is 0 Å². The molecule has 0 spiro atoms. The molecule has 226 valence electrons. The second-order valence-corrected chi connectivity index (χ2v) is 16.3. The summed E-state index contributed by atoms with van der Waals surface area (Å²) in [4.78, 5) is 5.52. The third-order valence-electron chi connectivity index (χ3n) is 12.8. The molecule has 4 aliphatic carbocycles. The zero-order valence-electron chi connectivity index (χ0n) is 27.6. The van der Waals surface area contributed by atoms with Crippen LogP contribution in [0.3, 0.4) is 0 Å². The van der Waals surface area contributed by atoms with Gasteiger partial charge >= 0.3 is 0 Å². The van der Waals surface area contributed by atoms with Gasteiger partial charge in [0.15, 0.2) is 0 Å². The van der Waals surface area contributed by atoms with Gasteiger partial charge in [-0.2, -0.15) is 0 Å². The van der Waals surface area contributed by atoms with Crippen molar-refractivity contribution in [3.05, 3.63) is 135 Å². The van der Waals surface area contributed by atoms with Gasteiger partial charge in [0.25, 0.3) is 0 Å². The van der Waals surface area contributed by atoms with E-state index in [1.54, 1.807) is 11.3 Å². The lowest BCUT2D eigenvalue weighted by Gasteiger charge is -2.50. The molecular weight excluding hydrogens is 544 g/mol. The zero-order chi connectivity index (χ0) is 30.6. The van der Waals surface area contributed by atoms with Crippen molar-refractivity contribution in [2.45, 2.75) is 90.0 Å². The van der Waals surface area contributed by atoms with Crippen molar-refractivity contribution < 1.29 is 0 Å². The van der Waals surface area contributed by atoms with Crippen molar-refractivity contribution in [2.24, 2.45) is 17.8 Å². The van der Waals surface area contributed by atoms with E-state index in [-0.39, 0.29) is 10.8 Å². The normalized spacial score (nSPS) is 29.8. The molecule has 7 aliphatic rings. The molecule has 0 bridgehead atoms. The predicted molar refractivity (Wildman–Crippen MR) is 186 cm³/mol. The summed E-state index contributed by atoms with van der Waals surface area (Å²) in [5.74, 6) is 2.62. The van der Waals surface area contributed by atoms with E-state index in [0.29, 0.717) is 17.9 Å². The Hall–Kier alpha value is -3.78. The Kier molecular flexibility index (Phi) is 5.00. The van der Waals surface area contributed by atoms with E-state index in [0.717, 1.165) is 24.7 Å². The summed E-state index contributed by atoms with van der Waals surface area (Å²) in [5.41, 5.74) is 19.1. The maximum atomic E-state index is 2.81. The third kappa shape index (κ3) is 3.36. The molecule has 2 heteroatoms. The summed E-state index contributed by atoms with van der Waals surface area (Å²) in [7, 11) is 0. The fourth-order valence-electron chi connectivity index (χ4n) is 10.6. The number of rotatable bonds is 3. The van der Waals surface area contributed by atoms with Crippen LogP contribution in [0.15, 0.2) is 101 Å². The number of hydrogen-bond donors (Lipinski definition) is 0. The van der Waals surface area contributed by atoms with Gasteiger partial charge in [0.1, 0.15) is 0 Å². The van der Waals surface area contributed by atoms with Crippen LogP contribution in [-0.4, -0.2) is 6.04 Å². The van der Waals surface area contributed by atoms with Crippen LogP contribution in [0.5, 0.6) is 0 Å². The van der Waals surface area contributed by atoms with E-state index in [1.807, 2.05) is 0 Å². The van der Waals surface area contributed by atoms with Gasteiger partial charge < -0.3 is 9.80 Å². The van der Waals surface area contributed by atoms with Crippen LogP contribution >= 0.6 is 0 Å². The maximum absolute atomic E-state index is 2.81. The minimum atomic E-state index is -0.0857. The van der Waals surface area contributed by atoms with Gasteiger partial charge in [-0.1, -0.05) is 94.0 Å². The first-order valence-corrected chi connectivity index (χ1v) is 17.4. The largest absolute Gasteiger partial charge is 0.342 e. The van der Waals surface area contributed by atoms with Gasteiger partial charge in [-0.05, 0) is 108 Å². The number of hydrogen-bond acceptors (Lipinski definition) is 2. The standard InChI is InChI=1S/C43H44N2/c1-24-17-25(2)19-29(18-24)44(28-15-16-31-26(20-28)13-14-27-21-33(27)31)30-22-34-32-9-7-10-35-39(32)45-40(34)38(23-30)43(5,6)37-12-8-11-36(41(37)45)42(35,3)4/h7-14,16-19,23,26-28,33-34H,15,20-22H2,1-6H3. The molecule has 5 unspecified atom stereocenters. The zero-order valence-corrected chi connectivity index (χ0v) is 27.6. The Morgan fingerprint density at radius 1 is 0.800 bits per heavy atom. The Balaban J connectivity index is 1.18. The van der Waals surface area contributed by atoms with Crippen LogP contribution in [0.2, 0.25) is 0 Å². The Morgan fingerprint density at radius 2 is 1.51 bits per heavy atom. The smallest absolute Gasteiger partial charge is 0.0540 e. The molecule has 0 saturated heterocycles. The van der Waals surface area contributed by atoms with E-state index < -0.39 is 0 Å². The summed E-state index contributed by atoms with van der Waals surface area (Å²) in [5, 5.41) is 0. The van der Waals surface area contributed by atoms with E-state index in [1.165, 1.54) is 74.6 Å². The average molecular weight is 589 g/mol. The number of para-hydroxylation sites is 2. The highest BCUT2D eigenvalue weighted by atomic mass is 15.2. The fraction of sp³-hybridized carbons (Fsp3) is 0.395. The van der Waals surface area contributed by atoms with Crippen LogP contribution in [0.4, 0.5) is 17.1 Å².